The highest BCUT2D eigenvalue weighted by molar-refractivity contribution is 5.96. The van der Waals surface area contributed by atoms with Crippen LogP contribution in [0.1, 0.15) is 17.0 Å². The highest BCUT2D eigenvalue weighted by Gasteiger charge is 2.02. The fraction of sp³-hybridized carbons (Fsp3) is 0.111. The molecule has 110 valence electrons. The molecule has 22 heavy (non-hydrogen) atoms. The third-order valence-electron chi connectivity index (χ3n) is 3.60. The first kappa shape index (κ1) is 14.1. The first-order valence-electron chi connectivity index (χ1n) is 7.16. The number of fused-ring (bicyclic) bond motifs is 1. The number of hydrogen-bond donors (Lipinski definition) is 2. The normalized spacial score (nSPS) is 11.1. The molecule has 1 heterocycles. The molecule has 1 amide bonds. The molecule has 4 heteroatoms. The number of amides is 1. The van der Waals surface area contributed by atoms with Gasteiger partial charge in [-0.3, -0.25) is 4.79 Å². The van der Waals surface area contributed by atoms with Crippen molar-refractivity contribution in [1.29, 1.82) is 0 Å². The molecule has 0 unspecified atom stereocenters. The number of nitrogens with zero attached hydrogens (tertiary/aromatic N) is 1. The van der Waals surface area contributed by atoms with Gasteiger partial charge in [0.25, 0.3) is 0 Å². The molecule has 0 aliphatic heterocycles. The molecular weight excluding hydrogens is 274 g/mol. The number of carbonyl (C=O) groups is 1. The second-order valence-corrected chi connectivity index (χ2v) is 5.09. The van der Waals surface area contributed by atoms with Crippen LogP contribution in [0, 0.1) is 6.92 Å². The molecule has 0 fully saturated rings. The number of hydrogen-bond acceptors (Lipinski definition) is 2. The molecule has 3 aromatic rings. The third-order valence-corrected chi connectivity index (χ3v) is 3.60. The quantitative estimate of drug-likeness (QED) is 0.725. The maximum atomic E-state index is 11.9. The standard InChI is InChI=1S/C18H17N3O/c1-13-17(21-12-20-13)11-19-18(22)10-9-15-7-4-6-14-5-2-3-8-16(14)15/h2-10,12H,11H2,1H3,(H,19,22)(H,20,21). The van der Waals surface area contributed by atoms with Crippen LogP contribution in [0.2, 0.25) is 0 Å². The van der Waals surface area contributed by atoms with Crippen molar-refractivity contribution in [1.82, 2.24) is 15.3 Å². The number of rotatable bonds is 4. The minimum Gasteiger partial charge on any atom is -0.348 e. The van der Waals surface area contributed by atoms with Crippen LogP contribution in [0.25, 0.3) is 16.8 Å². The molecule has 0 radical (unpaired) electrons. The third kappa shape index (κ3) is 3.06. The van der Waals surface area contributed by atoms with E-state index in [9.17, 15) is 4.79 Å². The Labute approximate surface area is 128 Å². The van der Waals surface area contributed by atoms with Gasteiger partial charge in [-0.2, -0.15) is 0 Å². The van der Waals surface area contributed by atoms with Gasteiger partial charge in [0.2, 0.25) is 5.91 Å². The van der Waals surface area contributed by atoms with Crippen molar-refractivity contribution in [3.05, 3.63) is 71.8 Å². The topological polar surface area (TPSA) is 57.8 Å². The zero-order chi connectivity index (χ0) is 15.4. The second kappa shape index (κ2) is 6.26. The lowest BCUT2D eigenvalue weighted by molar-refractivity contribution is -0.116. The maximum absolute atomic E-state index is 11.9. The second-order valence-electron chi connectivity index (χ2n) is 5.09. The van der Waals surface area contributed by atoms with Gasteiger partial charge in [-0.1, -0.05) is 42.5 Å². The number of carbonyl (C=O) groups excluding carboxylic acids is 1. The van der Waals surface area contributed by atoms with Gasteiger partial charge >= 0.3 is 0 Å². The highest BCUT2D eigenvalue weighted by Crippen LogP contribution is 2.19. The number of aromatic amines is 1. The van der Waals surface area contributed by atoms with Gasteiger partial charge in [0.05, 0.1) is 18.6 Å². The van der Waals surface area contributed by atoms with Crippen LogP contribution in [0.5, 0.6) is 0 Å². The van der Waals surface area contributed by atoms with E-state index in [1.807, 2.05) is 37.3 Å². The Balaban J connectivity index is 1.70. The van der Waals surface area contributed by atoms with Gasteiger partial charge in [-0.25, -0.2) is 4.98 Å². The summed E-state index contributed by atoms with van der Waals surface area (Å²) in [6.45, 7) is 2.36. The average Bonchev–Trinajstić information content (AvgIpc) is 2.96. The van der Waals surface area contributed by atoms with Crippen LogP contribution in [-0.4, -0.2) is 15.9 Å². The SMILES string of the molecule is Cc1[nH]cnc1CNC(=O)C=Cc1cccc2ccccc12. The molecule has 0 saturated heterocycles. The summed E-state index contributed by atoms with van der Waals surface area (Å²) in [5, 5.41) is 5.14. The van der Waals surface area contributed by atoms with Crippen molar-refractivity contribution in [3.63, 3.8) is 0 Å². The van der Waals surface area contributed by atoms with Crippen LogP contribution in [0.15, 0.2) is 54.9 Å². The molecule has 0 bridgehead atoms. The molecule has 0 spiro atoms. The summed E-state index contributed by atoms with van der Waals surface area (Å²) in [7, 11) is 0. The summed E-state index contributed by atoms with van der Waals surface area (Å²) < 4.78 is 0. The van der Waals surface area contributed by atoms with E-state index in [1.54, 1.807) is 12.4 Å². The van der Waals surface area contributed by atoms with E-state index < -0.39 is 0 Å². The molecule has 3 rings (SSSR count). The monoisotopic (exact) mass is 291 g/mol. The van der Waals surface area contributed by atoms with Crippen molar-refractivity contribution >= 4 is 22.8 Å². The van der Waals surface area contributed by atoms with E-state index in [2.05, 4.69) is 33.5 Å². The van der Waals surface area contributed by atoms with Gasteiger partial charge in [0.1, 0.15) is 0 Å². The summed E-state index contributed by atoms with van der Waals surface area (Å²) in [6.07, 6.45) is 5.03. The first-order chi connectivity index (χ1) is 10.7. The van der Waals surface area contributed by atoms with Crippen molar-refractivity contribution < 1.29 is 4.79 Å². The lowest BCUT2D eigenvalue weighted by Crippen LogP contribution is -2.20. The molecule has 0 aliphatic carbocycles. The van der Waals surface area contributed by atoms with E-state index in [0.29, 0.717) is 6.54 Å². The van der Waals surface area contributed by atoms with Crippen LogP contribution in [0.4, 0.5) is 0 Å². The molecule has 4 nitrogen and oxygen atoms in total. The van der Waals surface area contributed by atoms with Gasteiger partial charge < -0.3 is 10.3 Å². The van der Waals surface area contributed by atoms with E-state index in [-0.39, 0.29) is 5.91 Å². The minimum absolute atomic E-state index is 0.129. The number of imidazole rings is 1. The van der Waals surface area contributed by atoms with E-state index in [1.165, 1.54) is 0 Å². The summed E-state index contributed by atoms with van der Waals surface area (Å²) in [5.41, 5.74) is 2.86. The van der Waals surface area contributed by atoms with Crippen molar-refractivity contribution in [2.24, 2.45) is 0 Å². The van der Waals surface area contributed by atoms with E-state index in [0.717, 1.165) is 27.7 Å². The molecule has 2 aromatic carbocycles. The Morgan fingerprint density at radius 1 is 1.23 bits per heavy atom. The predicted molar refractivity (Wildman–Crippen MR) is 88.2 cm³/mol. The maximum Gasteiger partial charge on any atom is 0.244 e. The smallest absolute Gasteiger partial charge is 0.244 e. The number of benzene rings is 2. The molecule has 0 aliphatic rings. The van der Waals surface area contributed by atoms with Crippen LogP contribution in [-0.2, 0) is 11.3 Å². The predicted octanol–water partition coefficient (Wildman–Crippen LogP) is 3.20. The van der Waals surface area contributed by atoms with Crippen LogP contribution in [0.3, 0.4) is 0 Å². The van der Waals surface area contributed by atoms with E-state index in [4.69, 9.17) is 0 Å². The number of aromatic nitrogens is 2. The minimum atomic E-state index is -0.129. The Kier molecular flexibility index (Phi) is 4.01. The molecule has 0 atom stereocenters. The summed E-state index contributed by atoms with van der Waals surface area (Å²) in [4.78, 5) is 19.1. The fourth-order valence-corrected chi connectivity index (χ4v) is 2.36. The van der Waals surface area contributed by atoms with Gasteiger partial charge in [-0.05, 0) is 29.3 Å². The number of H-pyrrole nitrogens is 1. The largest absolute Gasteiger partial charge is 0.348 e. The summed E-state index contributed by atoms with van der Waals surface area (Å²) in [6, 6.07) is 14.2. The fourth-order valence-electron chi connectivity index (χ4n) is 2.36. The lowest BCUT2D eigenvalue weighted by atomic mass is 10.0. The van der Waals surface area contributed by atoms with Crippen molar-refractivity contribution in [2.45, 2.75) is 13.5 Å². The zero-order valence-electron chi connectivity index (χ0n) is 12.3. The summed E-state index contributed by atoms with van der Waals surface area (Å²) >= 11 is 0. The van der Waals surface area contributed by atoms with Crippen LogP contribution < -0.4 is 5.32 Å². The zero-order valence-corrected chi connectivity index (χ0v) is 12.3. The Morgan fingerprint density at radius 3 is 2.86 bits per heavy atom. The van der Waals surface area contributed by atoms with Crippen molar-refractivity contribution in [2.75, 3.05) is 0 Å². The van der Waals surface area contributed by atoms with Gasteiger partial charge in [0, 0.05) is 11.8 Å². The summed E-state index contributed by atoms with van der Waals surface area (Å²) in [5.74, 6) is -0.129. The molecular formula is C18H17N3O. The number of aryl methyl sites for hydroxylation is 1. The Morgan fingerprint density at radius 2 is 2.05 bits per heavy atom. The Bertz CT molecular complexity index is 828. The first-order valence-corrected chi connectivity index (χ1v) is 7.16. The Hall–Kier alpha value is -2.88. The van der Waals surface area contributed by atoms with Gasteiger partial charge in [-0.15, -0.1) is 0 Å². The average molecular weight is 291 g/mol. The highest BCUT2D eigenvalue weighted by atomic mass is 16.1. The van der Waals surface area contributed by atoms with Gasteiger partial charge in [0.15, 0.2) is 0 Å². The molecule has 0 saturated carbocycles. The van der Waals surface area contributed by atoms with Crippen molar-refractivity contribution in [3.8, 4) is 0 Å². The number of nitrogens with one attached hydrogen (secondary N) is 2. The molecule has 2 N–H and O–H groups in total. The van der Waals surface area contributed by atoms with Crippen LogP contribution >= 0.6 is 0 Å². The lowest BCUT2D eigenvalue weighted by Gasteiger charge is -2.02. The van der Waals surface area contributed by atoms with E-state index >= 15 is 0 Å². The molecule has 1 aromatic heterocycles.